The zero-order valence-corrected chi connectivity index (χ0v) is 13.8. The SMILES string of the molecule is CCCOc1ccccc1NS(=O)(=O)c1cncc(Br)c1. The second-order valence-corrected chi connectivity index (χ2v) is 6.89. The molecule has 0 aliphatic heterocycles. The number of aromatic nitrogens is 1. The van der Waals surface area contributed by atoms with Crippen molar-refractivity contribution in [2.24, 2.45) is 0 Å². The summed E-state index contributed by atoms with van der Waals surface area (Å²) >= 11 is 3.21. The Morgan fingerprint density at radius 2 is 2.05 bits per heavy atom. The molecular weight excluding hydrogens is 356 g/mol. The van der Waals surface area contributed by atoms with Crippen LogP contribution in [0.2, 0.25) is 0 Å². The highest BCUT2D eigenvalue weighted by Crippen LogP contribution is 2.27. The molecule has 1 heterocycles. The van der Waals surface area contributed by atoms with Crippen molar-refractivity contribution in [1.29, 1.82) is 0 Å². The minimum Gasteiger partial charge on any atom is -0.491 e. The Bertz CT molecular complexity index is 720. The molecule has 1 aromatic carbocycles. The first-order valence-electron chi connectivity index (χ1n) is 6.38. The number of sulfonamides is 1. The van der Waals surface area contributed by atoms with Crippen LogP contribution >= 0.6 is 15.9 Å². The number of hydrogen-bond acceptors (Lipinski definition) is 4. The fourth-order valence-electron chi connectivity index (χ4n) is 1.63. The molecule has 0 fully saturated rings. The predicted octanol–water partition coefficient (Wildman–Crippen LogP) is 3.43. The van der Waals surface area contributed by atoms with Gasteiger partial charge in [0, 0.05) is 16.9 Å². The van der Waals surface area contributed by atoms with Gasteiger partial charge in [-0.25, -0.2) is 8.42 Å². The molecule has 21 heavy (non-hydrogen) atoms. The van der Waals surface area contributed by atoms with Crippen molar-refractivity contribution in [1.82, 2.24) is 4.98 Å². The minimum absolute atomic E-state index is 0.0853. The van der Waals surface area contributed by atoms with Crippen LogP contribution in [0.1, 0.15) is 13.3 Å². The van der Waals surface area contributed by atoms with Gasteiger partial charge in [0.2, 0.25) is 0 Å². The molecule has 2 aromatic rings. The number of pyridine rings is 1. The number of anilines is 1. The van der Waals surface area contributed by atoms with Crippen LogP contribution in [0.15, 0.2) is 52.1 Å². The molecule has 5 nitrogen and oxygen atoms in total. The van der Waals surface area contributed by atoms with Gasteiger partial charge < -0.3 is 4.74 Å². The van der Waals surface area contributed by atoms with Gasteiger partial charge in [0.05, 0.1) is 12.3 Å². The third-order valence-electron chi connectivity index (χ3n) is 2.58. The zero-order chi connectivity index (χ0) is 15.3. The van der Waals surface area contributed by atoms with Crippen LogP contribution in [0.3, 0.4) is 0 Å². The van der Waals surface area contributed by atoms with Crippen LogP contribution in [-0.2, 0) is 10.0 Å². The van der Waals surface area contributed by atoms with E-state index in [0.29, 0.717) is 22.5 Å². The molecule has 0 saturated heterocycles. The molecule has 1 aromatic heterocycles. The van der Waals surface area contributed by atoms with E-state index < -0.39 is 10.0 Å². The Morgan fingerprint density at radius 3 is 2.76 bits per heavy atom. The maximum Gasteiger partial charge on any atom is 0.263 e. The summed E-state index contributed by atoms with van der Waals surface area (Å²) in [6.45, 7) is 2.51. The topological polar surface area (TPSA) is 68.3 Å². The third-order valence-corrected chi connectivity index (χ3v) is 4.35. The molecule has 0 aliphatic rings. The van der Waals surface area contributed by atoms with Crippen molar-refractivity contribution in [2.75, 3.05) is 11.3 Å². The molecule has 0 amide bonds. The second kappa shape index (κ2) is 6.91. The summed E-state index contributed by atoms with van der Waals surface area (Å²) in [4.78, 5) is 3.95. The van der Waals surface area contributed by atoms with E-state index in [1.165, 1.54) is 18.5 Å². The minimum atomic E-state index is -3.71. The number of nitrogens with zero attached hydrogens (tertiary/aromatic N) is 1. The Labute approximate surface area is 132 Å². The third kappa shape index (κ3) is 4.18. The number of hydrogen-bond donors (Lipinski definition) is 1. The number of rotatable bonds is 6. The summed E-state index contributed by atoms with van der Waals surface area (Å²) in [6, 6.07) is 8.42. The lowest BCUT2D eigenvalue weighted by Crippen LogP contribution is -2.14. The summed E-state index contributed by atoms with van der Waals surface area (Å²) in [5.41, 5.74) is 0.408. The molecule has 0 radical (unpaired) electrons. The Hall–Kier alpha value is -1.60. The Balaban J connectivity index is 2.29. The maximum atomic E-state index is 12.4. The van der Waals surface area contributed by atoms with Gasteiger partial charge in [-0.2, -0.15) is 0 Å². The van der Waals surface area contributed by atoms with Crippen LogP contribution in [0.4, 0.5) is 5.69 Å². The molecule has 2 rings (SSSR count). The van der Waals surface area contributed by atoms with Gasteiger partial charge in [-0.05, 0) is 40.5 Å². The van der Waals surface area contributed by atoms with E-state index in [1.807, 2.05) is 6.92 Å². The molecule has 112 valence electrons. The van der Waals surface area contributed by atoms with Crippen molar-refractivity contribution in [3.05, 3.63) is 47.2 Å². The second-order valence-electron chi connectivity index (χ2n) is 4.29. The van der Waals surface area contributed by atoms with Gasteiger partial charge in [0.25, 0.3) is 10.0 Å². The lowest BCUT2D eigenvalue weighted by Gasteiger charge is -2.13. The van der Waals surface area contributed by atoms with Crippen LogP contribution < -0.4 is 9.46 Å². The molecule has 0 saturated carbocycles. The van der Waals surface area contributed by atoms with Crippen LogP contribution in [0.5, 0.6) is 5.75 Å². The first-order chi connectivity index (χ1) is 10.0. The van der Waals surface area contributed by atoms with E-state index in [-0.39, 0.29) is 4.90 Å². The van der Waals surface area contributed by atoms with E-state index in [9.17, 15) is 8.42 Å². The van der Waals surface area contributed by atoms with Gasteiger partial charge in [0.1, 0.15) is 10.6 Å². The van der Waals surface area contributed by atoms with Crippen LogP contribution in [0, 0.1) is 0 Å². The molecule has 0 unspecified atom stereocenters. The zero-order valence-electron chi connectivity index (χ0n) is 11.4. The Kier molecular flexibility index (Phi) is 5.19. The van der Waals surface area contributed by atoms with Crippen LogP contribution in [0.25, 0.3) is 0 Å². The standard InChI is InChI=1S/C14H15BrN2O3S/c1-2-7-20-14-6-4-3-5-13(14)17-21(18,19)12-8-11(15)9-16-10-12/h3-6,8-10,17H,2,7H2,1H3. The number of halogens is 1. The summed E-state index contributed by atoms with van der Waals surface area (Å²) in [6.07, 6.45) is 3.66. The first-order valence-corrected chi connectivity index (χ1v) is 8.66. The van der Waals surface area contributed by atoms with E-state index in [1.54, 1.807) is 24.3 Å². The van der Waals surface area contributed by atoms with Crippen molar-refractivity contribution >= 4 is 31.6 Å². The lowest BCUT2D eigenvalue weighted by atomic mass is 10.3. The van der Waals surface area contributed by atoms with Gasteiger partial charge in [-0.1, -0.05) is 19.1 Å². The Morgan fingerprint density at radius 1 is 1.29 bits per heavy atom. The number of benzene rings is 1. The fourth-order valence-corrected chi connectivity index (χ4v) is 3.21. The number of ether oxygens (including phenoxy) is 1. The average Bonchev–Trinajstić information content (AvgIpc) is 2.46. The molecule has 0 spiro atoms. The lowest BCUT2D eigenvalue weighted by molar-refractivity contribution is 0.319. The summed E-state index contributed by atoms with van der Waals surface area (Å²) in [7, 11) is -3.71. The maximum absolute atomic E-state index is 12.4. The number of para-hydroxylation sites is 2. The molecule has 0 atom stereocenters. The molecule has 1 N–H and O–H groups in total. The summed E-state index contributed by atoms with van der Waals surface area (Å²) in [5.74, 6) is 0.505. The van der Waals surface area contributed by atoms with Gasteiger partial charge in [0.15, 0.2) is 0 Å². The quantitative estimate of drug-likeness (QED) is 0.845. The smallest absolute Gasteiger partial charge is 0.263 e. The molecular formula is C14H15BrN2O3S. The fraction of sp³-hybridized carbons (Fsp3) is 0.214. The number of nitrogens with one attached hydrogen (secondary N) is 1. The molecule has 0 bridgehead atoms. The van der Waals surface area contributed by atoms with Gasteiger partial charge in [-0.3, -0.25) is 9.71 Å². The average molecular weight is 371 g/mol. The van der Waals surface area contributed by atoms with E-state index in [0.717, 1.165) is 6.42 Å². The van der Waals surface area contributed by atoms with Crippen molar-refractivity contribution in [3.8, 4) is 5.75 Å². The normalized spacial score (nSPS) is 11.1. The highest BCUT2D eigenvalue weighted by molar-refractivity contribution is 9.10. The van der Waals surface area contributed by atoms with E-state index in [4.69, 9.17) is 4.74 Å². The van der Waals surface area contributed by atoms with Gasteiger partial charge >= 0.3 is 0 Å². The molecule has 0 aliphatic carbocycles. The monoisotopic (exact) mass is 370 g/mol. The van der Waals surface area contributed by atoms with Crippen molar-refractivity contribution in [3.63, 3.8) is 0 Å². The summed E-state index contributed by atoms with van der Waals surface area (Å²) in [5, 5.41) is 0. The van der Waals surface area contributed by atoms with Gasteiger partial charge in [-0.15, -0.1) is 0 Å². The van der Waals surface area contributed by atoms with E-state index >= 15 is 0 Å². The highest BCUT2D eigenvalue weighted by atomic mass is 79.9. The largest absolute Gasteiger partial charge is 0.491 e. The highest BCUT2D eigenvalue weighted by Gasteiger charge is 2.17. The summed E-state index contributed by atoms with van der Waals surface area (Å²) < 4.78 is 33.4. The van der Waals surface area contributed by atoms with E-state index in [2.05, 4.69) is 25.6 Å². The van der Waals surface area contributed by atoms with Crippen molar-refractivity contribution < 1.29 is 13.2 Å². The predicted molar refractivity (Wildman–Crippen MR) is 85.0 cm³/mol. The molecule has 7 heteroatoms. The van der Waals surface area contributed by atoms with Crippen molar-refractivity contribution in [2.45, 2.75) is 18.2 Å². The first kappa shape index (κ1) is 15.8. The van der Waals surface area contributed by atoms with Crippen LogP contribution in [-0.4, -0.2) is 20.0 Å².